The highest BCUT2D eigenvalue weighted by molar-refractivity contribution is 5.98. The van der Waals surface area contributed by atoms with E-state index in [1.165, 1.54) is 0 Å². The van der Waals surface area contributed by atoms with E-state index in [9.17, 15) is 4.79 Å². The summed E-state index contributed by atoms with van der Waals surface area (Å²) in [5, 5.41) is 8.47. The molecular weight excluding hydrogens is 218 g/mol. The van der Waals surface area contributed by atoms with E-state index < -0.39 is 5.97 Å². The Kier molecular flexibility index (Phi) is 5.20. The van der Waals surface area contributed by atoms with Gasteiger partial charge in [0.2, 0.25) is 0 Å². The zero-order chi connectivity index (χ0) is 12.7. The fraction of sp³-hybridized carbons (Fsp3) is 0.385. The monoisotopic (exact) mass is 235 g/mol. The molecule has 0 aliphatic heterocycles. The molecule has 0 amide bonds. The molecular formula is C13H17NO3. The number of aliphatic imine (C=N–C) groups is 1. The number of hydrogen-bond donors (Lipinski definition) is 1. The SMILES string of the molecule is C/N=C(\C)c1ccc(OCCCC(=O)O)cc1. The first-order chi connectivity index (χ1) is 8.13. The van der Waals surface area contributed by atoms with E-state index in [0.29, 0.717) is 13.0 Å². The van der Waals surface area contributed by atoms with Crippen LogP contribution in [0.2, 0.25) is 0 Å². The molecule has 17 heavy (non-hydrogen) atoms. The summed E-state index contributed by atoms with van der Waals surface area (Å²) in [6, 6.07) is 7.61. The van der Waals surface area contributed by atoms with Crippen molar-refractivity contribution >= 4 is 11.7 Å². The molecule has 0 unspecified atom stereocenters. The highest BCUT2D eigenvalue weighted by atomic mass is 16.5. The van der Waals surface area contributed by atoms with E-state index in [0.717, 1.165) is 17.0 Å². The van der Waals surface area contributed by atoms with Crippen molar-refractivity contribution in [1.82, 2.24) is 0 Å². The smallest absolute Gasteiger partial charge is 0.303 e. The van der Waals surface area contributed by atoms with Crippen molar-refractivity contribution < 1.29 is 14.6 Å². The predicted octanol–water partition coefficient (Wildman–Crippen LogP) is 2.37. The summed E-state index contributed by atoms with van der Waals surface area (Å²) >= 11 is 0. The molecule has 0 aliphatic rings. The molecule has 0 heterocycles. The molecule has 1 aromatic carbocycles. The van der Waals surface area contributed by atoms with Crippen molar-refractivity contribution in [1.29, 1.82) is 0 Å². The molecule has 1 aromatic rings. The van der Waals surface area contributed by atoms with Gasteiger partial charge in [0.05, 0.1) is 6.61 Å². The first-order valence-electron chi connectivity index (χ1n) is 5.52. The Bertz CT molecular complexity index is 396. The van der Waals surface area contributed by atoms with Crippen LogP contribution in [0.3, 0.4) is 0 Å². The Labute approximate surface area is 101 Å². The number of hydrogen-bond acceptors (Lipinski definition) is 3. The number of ether oxygens (including phenoxy) is 1. The Hall–Kier alpha value is -1.84. The number of carboxylic acids is 1. The molecule has 0 atom stereocenters. The fourth-order valence-corrected chi connectivity index (χ4v) is 1.33. The van der Waals surface area contributed by atoms with E-state index in [1.807, 2.05) is 31.2 Å². The van der Waals surface area contributed by atoms with Crippen molar-refractivity contribution in [3.63, 3.8) is 0 Å². The molecule has 0 saturated heterocycles. The minimum absolute atomic E-state index is 0.139. The maximum atomic E-state index is 10.3. The maximum absolute atomic E-state index is 10.3. The lowest BCUT2D eigenvalue weighted by Gasteiger charge is -2.06. The van der Waals surface area contributed by atoms with Crippen LogP contribution in [0.5, 0.6) is 5.75 Å². The van der Waals surface area contributed by atoms with Gasteiger partial charge in [-0.25, -0.2) is 0 Å². The van der Waals surface area contributed by atoms with Crippen molar-refractivity contribution in [3.8, 4) is 5.75 Å². The summed E-state index contributed by atoms with van der Waals surface area (Å²) < 4.78 is 5.42. The molecule has 0 bridgehead atoms. The second-order valence-corrected chi connectivity index (χ2v) is 3.68. The number of carboxylic acid groups (broad SMARTS) is 1. The zero-order valence-corrected chi connectivity index (χ0v) is 10.1. The summed E-state index contributed by atoms with van der Waals surface area (Å²) in [5.74, 6) is -0.0400. The molecule has 0 radical (unpaired) electrons. The van der Waals surface area contributed by atoms with Crippen LogP contribution >= 0.6 is 0 Å². The molecule has 92 valence electrons. The predicted molar refractivity (Wildman–Crippen MR) is 66.9 cm³/mol. The minimum atomic E-state index is -0.793. The molecule has 0 spiro atoms. The summed E-state index contributed by atoms with van der Waals surface area (Å²) in [6.07, 6.45) is 0.659. The molecule has 0 saturated carbocycles. The van der Waals surface area contributed by atoms with Gasteiger partial charge < -0.3 is 9.84 Å². The fourth-order valence-electron chi connectivity index (χ4n) is 1.33. The van der Waals surface area contributed by atoms with Crippen molar-refractivity contribution in [2.24, 2.45) is 4.99 Å². The van der Waals surface area contributed by atoms with Crippen LogP contribution < -0.4 is 4.74 Å². The van der Waals surface area contributed by atoms with E-state index >= 15 is 0 Å². The van der Waals surface area contributed by atoms with Crippen molar-refractivity contribution in [3.05, 3.63) is 29.8 Å². The van der Waals surface area contributed by atoms with Gasteiger partial charge >= 0.3 is 5.97 Å². The van der Waals surface area contributed by atoms with Crippen LogP contribution in [-0.4, -0.2) is 30.4 Å². The molecule has 1 rings (SSSR count). The maximum Gasteiger partial charge on any atom is 0.303 e. The van der Waals surface area contributed by atoms with Gasteiger partial charge in [-0.05, 0) is 43.2 Å². The van der Waals surface area contributed by atoms with Gasteiger partial charge in [0.25, 0.3) is 0 Å². The quantitative estimate of drug-likeness (QED) is 0.608. The average Bonchev–Trinajstić information content (AvgIpc) is 2.34. The largest absolute Gasteiger partial charge is 0.494 e. The Morgan fingerprint density at radius 1 is 1.35 bits per heavy atom. The molecule has 4 nitrogen and oxygen atoms in total. The van der Waals surface area contributed by atoms with E-state index in [1.54, 1.807) is 7.05 Å². The van der Waals surface area contributed by atoms with E-state index in [2.05, 4.69) is 4.99 Å². The zero-order valence-electron chi connectivity index (χ0n) is 10.1. The number of nitrogens with zero attached hydrogens (tertiary/aromatic N) is 1. The van der Waals surface area contributed by atoms with E-state index in [-0.39, 0.29) is 6.42 Å². The molecule has 4 heteroatoms. The van der Waals surface area contributed by atoms with Gasteiger partial charge in [-0.1, -0.05) is 0 Å². The Balaban J connectivity index is 2.43. The molecule has 1 N–H and O–H groups in total. The summed E-state index contributed by atoms with van der Waals surface area (Å²) in [6.45, 7) is 2.37. The van der Waals surface area contributed by atoms with Crippen LogP contribution in [0.15, 0.2) is 29.3 Å². The van der Waals surface area contributed by atoms with Crippen LogP contribution in [-0.2, 0) is 4.79 Å². The topological polar surface area (TPSA) is 58.9 Å². The van der Waals surface area contributed by atoms with Gasteiger partial charge in [-0.15, -0.1) is 0 Å². The standard InChI is InChI=1S/C13H17NO3/c1-10(14-2)11-5-7-12(8-6-11)17-9-3-4-13(15)16/h5-8H,3-4,9H2,1-2H3,(H,15,16)/b14-10+. The van der Waals surface area contributed by atoms with Crippen LogP contribution in [0.4, 0.5) is 0 Å². The summed E-state index contributed by atoms with van der Waals surface area (Å²) in [7, 11) is 1.76. The Morgan fingerprint density at radius 3 is 2.53 bits per heavy atom. The Morgan fingerprint density at radius 2 is 2.00 bits per heavy atom. The summed E-state index contributed by atoms with van der Waals surface area (Å²) in [5.41, 5.74) is 2.04. The first-order valence-corrected chi connectivity index (χ1v) is 5.52. The molecule has 0 aromatic heterocycles. The number of benzene rings is 1. The van der Waals surface area contributed by atoms with Crippen molar-refractivity contribution in [2.45, 2.75) is 19.8 Å². The molecule has 0 aliphatic carbocycles. The lowest BCUT2D eigenvalue weighted by atomic mass is 10.1. The third kappa shape index (κ3) is 4.68. The van der Waals surface area contributed by atoms with Gasteiger partial charge in [0.1, 0.15) is 5.75 Å². The highest BCUT2D eigenvalue weighted by Crippen LogP contribution is 2.13. The lowest BCUT2D eigenvalue weighted by Crippen LogP contribution is -2.02. The second kappa shape index (κ2) is 6.68. The van der Waals surface area contributed by atoms with Crippen LogP contribution in [0, 0.1) is 0 Å². The molecule has 0 fully saturated rings. The number of carbonyl (C=O) groups is 1. The van der Waals surface area contributed by atoms with Crippen molar-refractivity contribution in [2.75, 3.05) is 13.7 Å². The van der Waals surface area contributed by atoms with Crippen LogP contribution in [0.25, 0.3) is 0 Å². The van der Waals surface area contributed by atoms with Gasteiger partial charge in [0, 0.05) is 19.2 Å². The lowest BCUT2D eigenvalue weighted by molar-refractivity contribution is -0.137. The first kappa shape index (κ1) is 13.2. The van der Waals surface area contributed by atoms with E-state index in [4.69, 9.17) is 9.84 Å². The third-order valence-corrected chi connectivity index (χ3v) is 2.41. The number of rotatable bonds is 6. The minimum Gasteiger partial charge on any atom is -0.494 e. The summed E-state index contributed by atoms with van der Waals surface area (Å²) in [4.78, 5) is 14.4. The van der Waals surface area contributed by atoms with Gasteiger partial charge in [-0.2, -0.15) is 0 Å². The van der Waals surface area contributed by atoms with Gasteiger partial charge in [0.15, 0.2) is 0 Å². The number of aliphatic carboxylic acids is 1. The highest BCUT2D eigenvalue weighted by Gasteiger charge is 1.99. The van der Waals surface area contributed by atoms with Gasteiger partial charge in [-0.3, -0.25) is 9.79 Å². The van der Waals surface area contributed by atoms with Crippen LogP contribution in [0.1, 0.15) is 25.3 Å². The normalized spacial score (nSPS) is 11.3. The second-order valence-electron chi connectivity index (χ2n) is 3.68. The average molecular weight is 235 g/mol. The third-order valence-electron chi connectivity index (χ3n) is 2.41.